The first kappa shape index (κ1) is 17.5. The lowest BCUT2D eigenvalue weighted by molar-refractivity contribution is -0.142. The van der Waals surface area contributed by atoms with Crippen LogP contribution in [-0.2, 0) is 9.53 Å². The molecule has 0 bridgehead atoms. The van der Waals surface area contributed by atoms with E-state index >= 15 is 0 Å². The van der Waals surface area contributed by atoms with Crippen LogP contribution in [0.2, 0.25) is 0 Å². The largest absolute Gasteiger partial charge is 0.497 e. The van der Waals surface area contributed by atoms with E-state index in [2.05, 4.69) is 0 Å². The molecule has 1 aromatic carbocycles. The van der Waals surface area contributed by atoms with Crippen LogP contribution in [0.25, 0.3) is 0 Å². The number of hydrogen-bond acceptors (Lipinski definition) is 5. The van der Waals surface area contributed by atoms with Crippen molar-refractivity contribution < 1.29 is 24.2 Å². The molecule has 2 rings (SSSR count). The van der Waals surface area contributed by atoms with Gasteiger partial charge in [-0.05, 0) is 38.5 Å². The maximum Gasteiger partial charge on any atom is 0.412 e. The smallest absolute Gasteiger partial charge is 0.412 e. The summed E-state index contributed by atoms with van der Waals surface area (Å²) in [5, 5.41) is 9.00. The van der Waals surface area contributed by atoms with Crippen LogP contribution in [0, 0.1) is 0 Å². The third-order valence-electron chi connectivity index (χ3n) is 3.29. The molecule has 1 N–H and O–H groups in total. The average molecular weight is 339 g/mol. The van der Waals surface area contributed by atoms with Crippen LogP contribution < -0.4 is 4.74 Å². The fourth-order valence-electron chi connectivity index (χ4n) is 2.26. The van der Waals surface area contributed by atoms with Crippen molar-refractivity contribution in [2.24, 2.45) is 0 Å². The minimum atomic E-state index is -1.03. The molecule has 0 spiro atoms. The number of rotatable bonds is 3. The zero-order valence-corrected chi connectivity index (χ0v) is 14.4. The summed E-state index contributed by atoms with van der Waals surface area (Å²) in [5.41, 5.74) is 0.156. The minimum Gasteiger partial charge on any atom is -0.497 e. The van der Waals surface area contributed by atoms with E-state index in [9.17, 15) is 14.7 Å². The first-order valence-corrected chi connectivity index (χ1v) is 8.27. The van der Waals surface area contributed by atoms with Gasteiger partial charge in [-0.3, -0.25) is 4.90 Å². The van der Waals surface area contributed by atoms with Gasteiger partial charge in [0.25, 0.3) is 0 Å². The van der Waals surface area contributed by atoms with Crippen LogP contribution in [0.1, 0.15) is 31.7 Å². The molecular formula is C16H21NO5S. The second kappa shape index (κ2) is 6.70. The van der Waals surface area contributed by atoms with Gasteiger partial charge in [0, 0.05) is 5.75 Å². The molecule has 0 aromatic heterocycles. The van der Waals surface area contributed by atoms with E-state index in [1.165, 1.54) is 16.7 Å². The highest BCUT2D eigenvalue weighted by Gasteiger charge is 2.44. The molecule has 2 unspecified atom stereocenters. The van der Waals surface area contributed by atoms with Crippen molar-refractivity contribution in [2.45, 2.75) is 37.8 Å². The Morgan fingerprint density at radius 3 is 2.35 bits per heavy atom. The van der Waals surface area contributed by atoms with Crippen molar-refractivity contribution in [3.8, 4) is 5.75 Å². The van der Waals surface area contributed by atoms with Gasteiger partial charge < -0.3 is 14.6 Å². The number of carboxylic acids is 1. The highest BCUT2D eigenvalue weighted by Crippen LogP contribution is 2.42. The Kier molecular flexibility index (Phi) is 5.09. The van der Waals surface area contributed by atoms with E-state index in [-0.39, 0.29) is 0 Å². The molecule has 1 fully saturated rings. The maximum atomic E-state index is 12.5. The lowest BCUT2D eigenvalue weighted by Gasteiger charge is -2.30. The van der Waals surface area contributed by atoms with Gasteiger partial charge in [-0.2, -0.15) is 0 Å². The van der Waals surface area contributed by atoms with Crippen LogP contribution in [0.5, 0.6) is 5.75 Å². The number of benzene rings is 1. The third kappa shape index (κ3) is 4.10. The zero-order valence-electron chi connectivity index (χ0n) is 13.6. The number of methoxy groups -OCH3 is 1. The second-order valence-electron chi connectivity index (χ2n) is 6.20. The molecule has 0 aliphatic carbocycles. The predicted octanol–water partition coefficient (Wildman–Crippen LogP) is 3.13. The van der Waals surface area contributed by atoms with Gasteiger partial charge in [0.1, 0.15) is 22.8 Å². The van der Waals surface area contributed by atoms with Crippen molar-refractivity contribution in [1.82, 2.24) is 4.90 Å². The third-order valence-corrected chi connectivity index (χ3v) is 4.61. The Morgan fingerprint density at radius 1 is 1.26 bits per heavy atom. The van der Waals surface area contributed by atoms with E-state index in [0.29, 0.717) is 11.5 Å². The molecule has 6 nitrogen and oxygen atoms in total. The van der Waals surface area contributed by atoms with E-state index in [1.807, 2.05) is 12.1 Å². The number of amides is 1. The summed E-state index contributed by atoms with van der Waals surface area (Å²) in [6.45, 7) is 5.27. The highest BCUT2D eigenvalue weighted by molar-refractivity contribution is 7.99. The summed E-state index contributed by atoms with van der Waals surface area (Å²) in [6.07, 6.45) is -0.615. The molecule has 7 heteroatoms. The molecule has 23 heavy (non-hydrogen) atoms. The molecule has 1 heterocycles. The summed E-state index contributed by atoms with van der Waals surface area (Å²) >= 11 is 1.41. The van der Waals surface area contributed by atoms with Gasteiger partial charge in [-0.1, -0.05) is 12.1 Å². The SMILES string of the molecule is COc1ccc(C2SCC(C(=O)O)N2C(=O)OC(C)(C)C)cc1. The number of aliphatic carboxylic acids is 1. The Hall–Kier alpha value is -1.89. The predicted molar refractivity (Wildman–Crippen MR) is 87.7 cm³/mol. The fourth-order valence-corrected chi connectivity index (χ4v) is 3.67. The van der Waals surface area contributed by atoms with Crippen molar-refractivity contribution in [1.29, 1.82) is 0 Å². The number of carbonyl (C=O) groups is 2. The second-order valence-corrected chi connectivity index (χ2v) is 7.31. The van der Waals surface area contributed by atoms with Gasteiger partial charge in [-0.25, -0.2) is 9.59 Å². The Balaban J connectivity index is 2.29. The number of ether oxygens (including phenoxy) is 2. The average Bonchev–Trinajstić information content (AvgIpc) is 2.90. The molecule has 1 aromatic rings. The van der Waals surface area contributed by atoms with Gasteiger partial charge in [0.15, 0.2) is 0 Å². The highest BCUT2D eigenvalue weighted by atomic mass is 32.2. The van der Waals surface area contributed by atoms with Crippen LogP contribution >= 0.6 is 11.8 Å². The molecule has 1 amide bonds. The number of thioether (sulfide) groups is 1. The van der Waals surface area contributed by atoms with Crippen molar-refractivity contribution in [2.75, 3.05) is 12.9 Å². The number of carbonyl (C=O) groups excluding carboxylic acids is 1. The van der Waals surface area contributed by atoms with Gasteiger partial charge >= 0.3 is 12.1 Å². The van der Waals surface area contributed by atoms with Crippen LogP contribution in [0.3, 0.4) is 0 Å². The maximum absolute atomic E-state index is 12.5. The Bertz CT molecular complexity index is 581. The van der Waals surface area contributed by atoms with Crippen LogP contribution in [-0.4, -0.2) is 46.6 Å². The lowest BCUT2D eigenvalue weighted by Crippen LogP contribution is -2.45. The van der Waals surface area contributed by atoms with Crippen molar-refractivity contribution in [3.05, 3.63) is 29.8 Å². The molecule has 0 saturated carbocycles. The summed E-state index contributed by atoms with van der Waals surface area (Å²) in [6, 6.07) is 6.34. The van der Waals surface area contributed by atoms with E-state index in [0.717, 1.165) is 5.56 Å². The molecule has 126 valence electrons. The summed E-state index contributed by atoms with van der Waals surface area (Å²) in [7, 11) is 1.58. The summed E-state index contributed by atoms with van der Waals surface area (Å²) in [5.74, 6) is 0.000342. The van der Waals surface area contributed by atoms with Crippen molar-refractivity contribution in [3.63, 3.8) is 0 Å². The summed E-state index contributed by atoms with van der Waals surface area (Å²) < 4.78 is 10.5. The standard InChI is InChI=1S/C16H21NO5S/c1-16(2,3)22-15(20)17-12(14(18)19)9-23-13(17)10-5-7-11(21-4)8-6-10/h5-8,12-13H,9H2,1-4H3,(H,18,19). The number of carboxylic acid groups (broad SMARTS) is 1. The molecule has 1 aliphatic heterocycles. The molecule has 0 radical (unpaired) electrons. The lowest BCUT2D eigenvalue weighted by atomic mass is 10.1. The topological polar surface area (TPSA) is 76.1 Å². The number of hydrogen-bond donors (Lipinski definition) is 1. The molecule has 1 aliphatic rings. The van der Waals surface area contributed by atoms with E-state index < -0.39 is 29.1 Å². The fraction of sp³-hybridized carbons (Fsp3) is 0.500. The van der Waals surface area contributed by atoms with Crippen LogP contribution in [0.15, 0.2) is 24.3 Å². The molecule has 1 saturated heterocycles. The monoisotopic (exact) mass is 339 g/mol. The van der Waals surface area contributed by atoms with Crippen molar-refractivity contribution >= 4 is 23.8 Å². The number of nitrogens with zero attached hydrogens (tertiary/aromatic N) is 1. The normalized spacial score (nSPS) is 21.1. The molecule has 2 atom stereocenters. The Labute approximate surface area is 139 Å². The van der Waals surface area contributed by atoms with E-state index in [1.54, 1.807) is 40.0 Å². The minimum absolute atomic E-state index is 0.325. The van der Waals surface area contributed by atoms with Gasteiger partial charge in [0.2, 0.25) is 0 Å². The van der Waals surface area contributed by atoms with Gasteiger partial charge in [-0.15, -0.1) is 11.8 Å². The summed E-state index contributed by atoms with van der Waals surface area (Å²) in [4.78, 5) is 25.3. The van der Waals surface area contributed by atoms with Crippen LogP contribution in [0.4, 0.5) is 4.79 Å². The van der Waals surface area contributed by atoms with E-state index in [4.69, 9.17) is 9.47 Å². The first-order valence-electron chi connectivity index (χ1n) is 7.22. The quantitative estimate of drug-likeness (QED) is 0.912. The first-order chi connectivity index (χ1) is 10.7. The Morgan fingerprint density at radius 2 is 1.87 bits per heavy atom. The molecular weight excluding hydrogens is 318 g/mol. The zero-order chi connectivity index (χ0) is 17.2. The van der Waals surface area contributed by atoms with Gasteiger partial charge in [0.05, 0.1) is 7.11 Å².